The first-order chi connectivity index (χ1) is 8.58. The van der Waals surface area contributed by atoms with E-state index >= 15 is 0 Å². The first kappa shape index (κ1) is 12.3. The molecule has 0 radical (unpaired) electrons. The largest absolute Gasteiger partial charge is 0.481 e. The normalized spacial score (nSPS) is 10.6. The quantitative estimate of drug-likeness (QED) is 0.904. The Labute approximate surface area is 103 Å². The third-order valence-electron chi connectivity index (χ3n) is 2.64. The summed E-state index contributed by atoms with van der Waals surface area (Å²) in [6, 6.07) is 4.63. The molecule has 0 unspecified atom stereocenters. The molecular formula is C13H12FNO3. The summed E-state index contributed by atoms with van der Waals surface area (Å²) in [6.45, 7) is 1.66. The number of aryl methyl sites for hydroxylation is 2. The van der Waals surface area contributed by atoms with Gasteiger partial charge in [-0.2, -0.15) is 0 Å². The maximum Gasteiger partial charge on any atom is 0.303 e. The molecule has 0 atom stereocenters. The molecule has 1 aromatic heterocycles. The van der Waals surface area contributed by atoms with E-state index < -0.39 is 5.97 Å². The van der Waals surface area contributed by atoms with Crippen LogP contribution >= 0.6 is 0 Å². The first-order valence-corrected chi connectivity index (χ1v) is 5.48. The van der Waals surface area contributed by atoms with Gasteiger partial charge in [0, 0.05) is 12.0 Å². The number of carbonyl (C=O) groups is 1. The smallest absolute Gasteiger partial charge is 0.303 e. The molecule has 0 saturated heterocycles. The number of benzene rings is 1. The van der Waals surface area contributed by atoms with Crippen molar-refractivity contribution in [2.75, 3.05) is 0 Å². The second-order valence-electron chi connectivity index (χ2n) is 3.98. The van der Waals surface area contributed by atoms with Gasteiger partial charge < -0.3 is 9.52 Å². The van der Waals surface area contributed by atoms with Crippen LogP contribution in [-0.4, -0.2) is 16.1 Å². The van der Waals surface area contributed by atoms with E-state index in [1.165, 1.54) is 12.5 Å². The molecule has 2 aromatic rings. The Bertz CT molecular complexity index is 577. The molecule has 4 nitrogen and oxygen atoms in total. The molecule has 5 heteroatoms. The van der Waals surface area contributed by atoms with Gasteiger partial charge in [-0.05, 0) is 30.7 Å². The Kier molecular flexibility index (Phi) is 3.41. The third kappa shape index (κ3) is 2.56. The van der Waals surface area contributed by atoms with E-state index in [9.17, 15) is 9.18 Å². The summed E-state index contributed by atoms with van der Waals surface area (Å²) < 4.78 is 18.3. The van der Waals surface area contributed by atoms with E-state index in [1.54, 1.807) is 19.1 Å². The van der Waals surface area contributed by atoms with Crippen molar-refractivity contribution in [3.63, 3.8) is 0 Å². The summed E-state index contributed by atoms with van der Waals surface area (Å²) in [5, 5.41) is 8.64. The van der Waals surface area contributed by atoms with E-state index in [4.69, 9.17) is 9.52 Å². The average Bonchev–Trinajstić information content (AvgIpc) is 2.78. The predicted molar refractivity (Wildman–Crippen MR) is 62.6 cm³/mol. The summed E-state index contributed by atoms with van der Waals surface area (Å²) in [4.78, 5) is 14.6. The van der Waals surface area contributed by atoms with Gasteiger partial charge in [0.15, 0.2) is 6.39 Å². The summed E-state index contributed by atoms with van der Waals surface area (Å²) in [7, 11) is 0. The van der Waals surface area contributed by atoms with Crippen LogP contribution in [0.25, 0.3) is 11.3 Å². The fourth-order valence-electron chi connectivity index (χ4n) is 1.70. The van der Waals surface area contributed by atoms with Gasteiger partial charge in [0.2, 0.25) is 0 Å². The summed E-state index contributed by atoms with van der Waals surface area (Å²) in [6.07, 6.45) is 1.51. The van der Waals surface area contributed by atoms with Crippen LogP contribution < -0.4 is 0 Å². The molecule has 18 heavy (non-hydrogen) atoms. The van der Waals surface area contributed by atoms with Crippen LogP contribution in [0.3, 0.4) is 0 Å². The minimum Gasteiger partial charge on any atom is -0.481 e. The van der Waals surface area contributed by atoms with E-state index in [0.717, 1.165) is 5.56 Å². The van der Waals surface area contributed by atoms with Crippen molar-refractivity contribution < 1.29 is 18.7 Å². The minimum atomic E-state index is -0.896. The number of carboxylic acids is 1. The number of aliphatic carboxylic acids is 1. The average molecular weight is 249 g/mol. The standard InChI is InChI=1S/C13H12FNO3/c1-8-6-9(2-3-10(8)14)13-11(18-7-15-13)4-5-12(16)17/h2-3,6-7H,4-5H2,1H3,(H,16,17). The van der Waals surface area contributed by atoms with Crippen molar-refractivity contribution in [3.8, 4) is 11.3 Å². The molecule has 0 saturated carbocycles. The highest BCUT2D eigenvalue weighted by molar-refractivity contribution is 5.68. The van der Waals surface area contributed by atoms with Gasteiger partial charge in [0.1, 0.15) is 17.3 Å². The zero-order chi connectivity index (χ0) is 13.1. The van der Waals surface area contributed by atoms with Crippen LogP contribution in [0, 0.1) is 12.7 Å². The van der Waals surface area contributed by atoms with Crippen molar-refractivity contribution in [3.05, 3.63) is 41.7 Å². The van der Waals surface area contributed by atoms with Gasteiger partial charge in [0.25, 0.3) is 0 Å². The molecule has 0 aliphatic rings. The zero-order valence-electron chi connectivity index (χ0n) is 9.81. The van der Waals surface area contributed by atoms with Gasteiger partial charge >= 0.3 is 5.97 Å². The molecular weight excluding hydrogens is 237 g/mol. The van der Waals surface area contributed by atoms with E-state index in [-0.39, 0.29) is 18.7 Å². The Hall–Kier alpha value is -2.17. The van der Waals surface area contributed by atoms with Gasteiger partial charge in [-0.1, -0.05) is 0 Å². The number of carboxylic acid groups (broad SMARTS) is 1. The monoisotopic (exact) mass is 249 g/mol. The summed E-state index contributed by atoms with van der Waals surface area (Å²) in [5.74, 6) is -0.676. The Morgan fingerprint density at radius 1 is 1.50 bits per heavy atom. The SMILES string of the molecule is Cc1cc(-c2ncoc2CCC(=O)O)ccc1F. The molecule has 0 aliphatic carbocycles. The van der Waals surface area contributed by atoms with Gasteiger partial charge in [-0.15, -0.1) is 0 Å². The Balaban J connectivity index is 2.30. The lowest BCUT2D eigenvalue weighted by molar-refractivity contribution is -0.137. The van der Waals surface area contributed by atoms with Crippen LogP contribution in [0.1, 0.15) is 17.7 Å². The van der Waals surface area contributed by atoms with Crippen LogP contribution in [0.15, 0.2) is 29.0 Å². The molecule has 0 amide bonds. The van der Waals surface area contributed by atoms with Gasteiger partial charge in [-0.3, -0.25) is 4.79 Å². The molecule has 0 spiro atoms. The number of hydrogen-bond donors (Lipinski definition) is 1. The van der Waals surface area contributed by atoms with Crippen molar-refractivity contribution in [2.24, 2.45) is 0 Å². The number of aromatic nitrogens is 1. The van der Waals surface area contributed by atoms with Crippen molar-refractivity contribution in [2.45, 2.75) is 19.8 Å². The lowest BCUT2D eigenvalue weighted by Crippen LogP contribution is -1.98. The number of rotatable bonds is 4. The first-order valence-electron chi connectivity index (χ1n) is 5.48. The van der Waals surface area contributed by atoms with E-state index in [0.29, 0.717) is 17.0 Å². The van der Waals surface area contributed by atoms with E-state index in [1.807, 2.05) is 0 Å². The van der Waals surface area contributed by atoms with Gasteiger partial charge in [0.05, 0.1) is 6.42 Å². The molecule has 0 aliphatic heterocycles. The van der Waals surface area contributed by atoms with Crippen LogP contribution in [0.4, 0.5) is 4.39 Å². The van der Waals surface area contributed by atoms with Crippen LogP contribution in [0.2, 0.25) is 0 Å². The summed E-state index contributed by atoms with van der Waals surface area (Å²) >= 11 is 0. The molecule has 0 bridgehead atoms. The second-order valence-corrected chi connectivity index (χ2v) is 3.98. The zero-order valence-corrected chi connectivity index (χ0v) is 9.81. The van der Waals surface area contributed by atoms with Crippen LogP contribution in [-0.2, 0) is 11.2 Å². The number of halogens is 1. The highest BCUT2D eigenvalue weighted by Gasteiger charge is 2.13. The molecule has 1 aromatic carbocycles. The lowest BCUT2D eigenvalue weighted by atomic mass is 10.1. The molecule has 2 rings (SSSR count). The highest BCUT2D eigenvalue weighted by Crippen LogP contribution is 2.25. The number of oxazole rings is 1. The van der Waals surface area contributed by atoms with E-state index in [2.05, 4.69) is 4.98 Å². The third-order valence-corrected chi connectivity index (χ3v) is 2.64. The predicted octanol–water partition coefficient (Wildman–Crippen LogP) is 2.81. The maximum absolute atomic E-state index is 13.2. The highest BCUT2D eigenvalue weighted by atomic mass is 19.1. The summed E-state index contributed by atoms with van der Waals surface area (Å²) in [5.41, 5.74) is 1.81. The second kappa shape index (κ2) is 5.00. The number of nitrogens with zero attached hydrogens (tertiary/aromatic N) is 1. The molecule has 94 valence electrons. The maximum atomic E-state index is 13.2. The van der Waals surface area contributed by atoms with Gasteiger partial charge in [-0.25, -0.2) is 9.37 Å². The fraction of sp³-hybridized carbons (Fsp3) is 0.231. The van der Waals surface area contributed by atoms with Crippen molar-refractivity contribution in [1.82, 2.24) is 4.98 Å². The van der Waals surface area contributed by atoms with Crippen molar-refractivity contribution >= 4 is 5.97 Å². The topological polar surface area (TPSA) is 63.3 Å². The Morgan fingerprint density at radius 3 is 2.94 bits per heavy atom. The molecule has 0 fully saturated rings. The lowest BCUT2D eigenvalue weighted by Gasteiger charge is -2.02. The van der Waals surface area contributed by atoms with Crippen LogP contribution in [0.5, 0.6) is 0 Å². The van der Waals surface area contributed by atoms with Crippen molar-refractivity contribution in [1.29, 1.82) is 0 Å². The fourth-order valence-corrected chi connectivity index (χ4v) is 1.70. The minimum absolute atomic E-state index is 0.0254. The Morgan fingerprint density at radius 2 is 2.28 bits per heavy atom. The molecule has 1 N–H and O–H groups in total. The number of hydrogen-bond acceptors (Lipinski definition) is 3. The molecule has 1 heterocycles.